The van der Waals surface area contributed by atoms with Crippen molar-refractivity contribution in [1.82, 2.24) is 0 Å². The number of carbonyl (C=O) groups is 1. The summed E-state index contributed by atoms with van der Waals surface area (Å²) in [5.74, 6) is 0.741. The number of esters is 1. The molecule has 0 saturated carbocycles. The maximum absolute atomic E-state index is 11.6. The van der Waals surface area contributed by atoms with Crippen LogP contribution >= 0.6 is 0 Å². The van der Waals surface area contributed by atoms with E-state index in [9.17, 15) is 9.90 Å². The number of aryl methyl sites for hydroxylation is 1. The lowest BCUT2D eigenvalue weighted by Crippen LogP contribution is -2.31. The smallest absolute Gasteiger partial charge is 0.312 e. The van der Waals surface area contributed by atoms with Crippen LogP contribution in [0.15, 0.2) is 6.07 Å². The molecule has 17 heavy (non-hydrogen) atoms. The van der Waals surface area contributed by atoms with Crippen LogP contribution in [0.2, 0.25) is 0 Å². The fourth-order valence-corrected chi connectivity index (χ4v) is 2.64. The zero-order valence-electron chi connectivity index (χ0n) is 10.8. The topological polar surface area (TPSA) is 46.5 Å². The quantitative estimate of drug-likeness (QED) is 0.600. The van der Waals surface area contributed by atoms with Gasteiger partial charge in [0.1, 0.15) is 11.5 Å². The van der Waals surface area contributed by atoms with Crippen LogP contribution in [-0.4, -0.2) is 11.1 Å². The monoisotopic (exact) mass is 234 g/mol. The summed E-state index contributed by atoms with van der Waals surface area (Å²) in [7, 11) is 0. The minimum Gasteiger partial charge on any atom is -0.507 e. The Hall–Kier alpha value is -1.51. The van der Waals surface area contributed by atoms with Crippen molar-refractivity contribution >= 4 is 5.97 Å². The standard InChI is InChI=1S/C14H18O3/c1-5-9-6-10-12(8(2)13(9)16)14(3,4)7-11(15)17-10/h6,16H,5,7H2,1-4H3. The zero-order valence-corrected chi connectivity index (χ0v) is 10.8. The van der Waals surface area contributed by atoms with Crippen molar-refractivity contribution in [2.24, 2.45) is 0 Å². The number of rotatable bonds is 1. The minimum absolute atomic E-state index is 0.199. The van der Waals surface area contributed by atoms with Crippen LogP contribution in [0.25, 0.3) is 0 Å². The van der Waals surface area contributed by atoms with Crippen molar-refractivity contribution in [1.29, 1.82) is 0 Å². The van der Waals surface area contributed by atoms with Crippen LogP contribution in [-0.2, 0) is 16.6 Å². The van der Waals surface area contributed by atoms with Crippen molar-refractivity contribution in [3.05, 3.63) is 22.8 Å². The third-order valence-electron chi connectivity index (χ3n) is 3.45. The number of ether oxygens (including phenoxy) is 1. The van der Waals surface area contributed by atoms with Gasteiger partial charge in [-0.25, -0.2) is 0 Å². The first kappa shape index (κ1) is 12.0. The Bertz CT molecular complexity index is 487. The molecule has 2 rings (SSSR count). The zero-order chi connectivity index (χ0) is 12.8. The predicted octanol–water partition coefficient (Wildman–Crippen LogP) is 2.85. The SMILES string of the molecule is CCc1cc2c(c(C)c1O)C(C)(C)CC(=O)O2. The number of phenolic OH excluding ortho intramolecular Hbond substituents is 1. The average molecular weight is 234 g/mol. The van der Waals surface area contributed by atoms with Crippen molar-refractivity contribution in [2.45, 2.75) is 46.0 Å². The summed E-state index contributed by atoms with van der Waals surface area (Å²) in [5, 5.41) is 10.1. The van der Waals surface area contributed by atoms with Crippen molar-refractivity contribution in [3.8, 4) is 11.5 Å². The highest BCUT2D eigenvalue weighted by atomic mass is 16.5. The van der Waals surface area contributed by atoms with Crippen molar-refractivity contribution in [2.75, 3.05) is 0 Å². The summed E-state index contributed by atoms with van der Waals surface area (Å²) in [4.78, 5) is 11.6. The summed E-state index contributed by atoms with van der Waals surface area (Å²) in [6, 6.07) is 1.79. The molecule has 1 aromatic carbocycles. The van der Waals surface area contributed by atoms with Gasteiger partial charge >= 0.3 is 5.97 Å². The molecule has 3 heteroatoms. The second-order valence-electron chi connectivity index (χ2n) is 5.27. The Labute approximate surface area is 101 Å². The lowest BCUT2D eigenvalue weighted by molar-refractivity contribution is -0.136. The number of phenols is 1. The third-order valence-corrected chi connectivity index (χ3v) is 3.45. The molecule has 0 saturated heterocycles. The first-order valence-corrected chi connectivity index (χ1v) is 5.93. The largest absolute Gasteiger partial charge is 0.507 e. The number of benzene rings is 1. The lowest BCUT2D eigenvalue weighted by Gasteiger charge is -2.33. The van der Waals surface area contributed by atoms with Gasteiger partial charge in [0, 0.05) is 11.0 Å². The molecule has 1 aliphatic heterocycles. The molecule has 0 fully saturated rings. The normalized spacial score (nSPS) is 17.5. The van der Waals surface area contributed by atoms with Crippen LogP contribution < -0.4 is 4.74 Å². The van der Waals surface area contributed by atoms with Gasteiger partial charge < -0.3 is 9.84 Å². The Morgan fingerprint density at radius 1 is 1.47 bits per heavy atom. The van der Waals surface area contributed by atoms with E-state index in [1.165, 1.54) is 0 Å². The van der Waals surface area contributed by atoms with Crippen LogP contribution in [0.4, 0.5) is 0 Å². The first-order valence-electron chi connectivity index (χ1n) is 5.93. The summed E-state index contributed by atoms with van der Waals surface area (Å²) in [6.07, 6.45) is 1.07. The van der Waals surface area contributed by atoms with E-state index in [2.05, 4.69) is 0 Å². The van der Waals surface area contributed by atoms with Crippen molar-refractivity contribution in [3.63, 3.8) is 0 Å². The van der Waals surface area contributed by atoms with Gasteiger partial charge in [0.15, 0.2) is 0 Å². The predicted molar refractivity (Wildman–Crippen MR) is 65.5 cm³/mol. The highest BCUT2D eigenvalue weighted by Crippen LogP contribution is 2.45. The van der Waals surface area contributed by atoms with E-state index >= 15 is 0 Å². The second kappa shape index (κ2) is 3.76. The molecule has 0 aromatic heterocycles. The Kier molecular flexibility index (Phi) is 2.64. The van der Waals surface area contributed by atoms with E-state index in [1.807, 2.05) is 27.7 Å². The molecule has 0 aliphatic carbocycles. The van der Waals surface area contributed by atoms with Gasteiger partial charge in [-0.2, -0.15) is 0 Å². The summed E-state index contributed by atoms with van der Waals surface area (Å²) in [5.41, 5.74) is 2.33. The molecule has 1 N–H and O–H groups in total. The molecule has 1 aromatic rings. The second-order valence-corrected chi connectivity index (χ2v) is 5.27. The third kappa shape index (κ3) is 1.79. The lowest BCUT2D eigenvalue weighted by atomic mass is 9.76. The molecular formula is C14H18O3. The molecule has 0 bridgehead atoms. The molecule has 0 spiro atoms. The number of aromatic hydroxyl groups is 1. The van der Waals surface area contributed by atoms with Gasteiger partial charge in [-0.3, -0.25) is 4.79 Å². The molecule has 0 unspecified atom stereocenters. The highest BCUT2D eigenvalue weighted by Gasteiger charge is 2.36. The van der Waals surface area contributed by atoms with E-state index in [0.29, 0.717) is 17.9 Å². The Morgan fingerprint density at radius 2 is 2.12 bits per heavy atom. The molecule has 1 aliphatic rings. The molecule has 3 nitrogen and oxygen atoms in total. The van der Waals surface area contributed by atoms with Gasteiger partial charge in [-0.15, -0.1) is 0 Å². The molecule has 0 amide bonds. The first-order chi connectivity index (χ1) is 7.86. The maximum atomic E-state index is 11.6. The molecule has 0 radical (unpaired) electrons. The van der Waals surface area contributed by atoms with Gasteiger partial charge in [-0.05, 0) is 30.5 Å². The van der Waals surface area contributed by atoms with E-state index in [4.69, 9.17) is 4.74 Å². The number of hydrogen-bond acceptors (Lipinski definition) is 3. The van der Waals surface area contributed by atoms with Crippen LogP contribution in [0.1, 0.15) is 43.9 Å². The van der Waals surface area contributed by atoms with E-state index in [-0.39, 0.29) is 11.4 Å². The molecule has 92 valence electrons. The maximum Gasteiger partial charge on any atom is 0.312 e. The number of carbonyl (C=O) groups excluding carboxylic acids is 1. The van der Waals surface area contributed by atoms with Crippen LogP contribution in [0, 0.1) is 6.92 Å². The van der Waals surface area contributed by atoms with Crippen molar-refractivity contribution < 1.29 is 14.6 Å². The van der Waals surface area contributed by atoms with Gasteiger partial charge in [0.2, 0.25) is 0 Å². The van der Waals surface area contributed by atoms with E-state index in [1.54, 1.807) is 6.07 Å². The van der Waals surface area contributed by atoms with Gasteiger partial charge in [0.25, 0.3) is 0 Å². The summed E-state index contributed by atoms with van der Waals surface area (Å²) >= 11 is 0. The molecule has 0 atom stereocenters. The Morgan fingerprint density at radius 3 is 2.71 bits per heavy atom. The number of fused-ring (bicyclic) bond motifs is 1. The van der Waals surface area contributed by atoms with Gasteiger partial charge in [0.05, 0.1) is 6.42 Å². The average Bonchev–Trinajstić information content (AvgIpc) is 2.20. The summed E-state index contributed by atoms with van der Waals surface area (Å²) in [6.45, 7) is 7.86. The molecular weight excluding hydrogens is 216 g/mol. The van der Waals surface area contributed by atoms with Gasteiger partial charge in [-0.1, -0.05) is 20.8 Å². The minimum atomic E-state index is -0.279. The fourth-order valence-electron chi connectivity index (χ4n) is 2.64. The van der Waals surface area contributed by atoms with E-state index < -0.39 is 0 Å². The number of hydrogen-bond donors (Lipinski definition) is 1. The Balaban J connectivity index is 2.71. The van der Waals surface area contributed by atoms with Crippen LogP contribution in [0.5, 0.6) is 11.5 Å². The van der Waals surface area contributed by atoms with Crippen LogP contribution in [0.3, 0.4) is 0 Å². The highest BCUT2D eigenvalue weighted by molar-refractivity contribution is 5.78. The summed E-state index contributed by atoms with van der Waals surface area (Å²) < 4.78 is 5.30. The molecule has 1 heterocycles. The van der Waals surface area contributed by atoms with E-state index in [0.717, 1.165) is 23.1 Å². The fraction of sp³-hybridized carbons (Fsp3) is 0.500.